The minimum atomic E-state index is -0.779. The van der Waals surface area contributed by atoms with Crippen LogP contribution >= 0.6 is 0 Å². The maximum absolute atomic E-state index is 13.0. The summed E-state index contributed by atoms with van der Waals surface area (Å²) >= 11 is 0. The molecule has 0 aromatic heterocycles. The third-order valence-corrected chi connectivity index (χ3v) is 3.90. The molecule has 1 aromatic carbocycles. The molecule has 1 fully saturated rings. The number of halogens is 1. The molecule has 0 unspecified atom stereocenters. The van der Waals surface area contributed by atoms with Gasteiger partial charge in [-0.05, 0) is 36.6 Å². The number of carbonyl (C=O) groups is 1. The van der Waals surface area contributed by atoms with Crippen LogP contribution in [0.15, 0.2) is 30.3 Å². The average molecular weight is 291 g/mol. The zero-order valence-electron chi connectivity index (χ0n) is 12.1. The smallest absolute Gasteiger partial charge is 0.244 e. The number of amides is 1. The van der Waals surface area contributed by atoms with Gasteiger partial charge in [0.05, 0.1) is 5.60 Å². The van der Waals surface area contributed by atoms with E-state index in [4.69, 9.17) is 0 Å². The quantitative estimate of drug-likeness (QED) is 0.661. The van der Waals surface area contributed by atoms with Crippen LogP contribution in [0, 0.1) is 5.82 Å². The zero-order valence-corrected chi connectivity index (χ0v) is 12.1. The second-order valence-electron chi connectivity index (χ2n) is 5.74. The maximum atomic E-state index is 13.0. The molecule has 0 saturated heterocycles. The third kappa shape index (κ3) is 5.31. The van der Waals surface area contributed by atoms with Crippen molar-refractivity contribution in [3.63, 3.8) is 0 Å². The number of benzene rings is 1. The summed E-state index contributed by atoms with van der Waals surface area (Å²) in [7, 11) is 0. The molecule has 2 N–H and O–H groups in total. The van der Waals surface area contributed by atoms with Gasteiger partial charge in [-0.2, -0.15) is 0 Å². The lowest BCUT2D eigenvalue weighted by Gasteiger charge is -2.26. The largest absolute Gasteiger partial charge is 0.388 e. The second-order valence-corrected chi connectivity index (χ2v) is 5.74. The van der Waals surface area contributed by atoms with Crippen LogP contribution in [-0.2, 0) is 4.79 Å². The van der Waals surface area contributed by atoms with E-state index in [-0.39, 0.29) is 18.3 Å². The summed E-state index contributed by atoms with van der Waals surface area (Å²) in [5.74, 6) is -0.595. The van der Waals surface area contributed by atoms with Crippen LogP contribution in [0.5, 0.6) is 0 Å². The first kappa shape index (κ1) is 15.7. The number of aliphatic hydroxyl groups is 1. The van der Waals surface area contributed by atoms with E-state index in [0.717, 1.165) is 38.5 Å². The van der Waals surface area contributed by atoms with Crippen LogP contribution in [0.4, 0.5) is 4.39 Å². The number of hydrogen-bond donors (Lipinski definition) is 2. The van der Waals surface area contributed by atoms with Gasteiger partial charge < -0.3 is 10.4 Å². The van der Waals surface area contributed by atoms with Gasteiger partial charge in [-0.15, -0.1) is 0 Å². The number of nitrogens with one attached hydrogen (secondary N) is 1. The van der Waals surface area contributed by atoms with Crippen molar-refractivity contribution in [3.05, 3.63) is 41.7 Å². The fraction of sp³-hybridized carbons (Fsp3) is 0.471. The molecule has 2 rings (SSSR count). The topological polar surface area (TPSA) is 49.3 Å². The Morgan fingerprint density at radius 1 is 1.29 bits per heavy atom. The fourth-order valence-corrected chi connectivity index (χ4v) is 2.66. The highest BCUT2D eigenvalue weighted by Gasteiger charge is 2.27. The molecule has 0 aliphatic heterocycles. The van der Waals surface area contributed by atoms with E-state index in [1.54, 1.807) is 18.2 Å². The molecule has 1 amide bonds. The van der Waals surface area contributed by atoms with E-state index >= 15 is 0 Å². The van der Waals surface area contributed by atoms with Crippen LogP contribution < -0.4 is 5.32 Å². The third-order valence-electron chi connectivity index (χ3n) is 3.90. The average Bonchev–Trinajstić information content (AvgIpc) is 2.68. The molecular weight excluding hydrogens is 269 g/mol. The SMILES string of the molecule is O=C(C=Cc1cccc(F)c1)NCC1(O)CCCCCC1. The molecule has 0 radical (unpaired) electrons. The molecule has 1 aromatic rings. The van der Waals surface area contributed by atoms with Crippen LogP contribution in [0.3, 0.4) is 0 Å². The summed E-state index contributed by atoms with van der Waals surface area (Å²) in [6, 6.07) is 6.05. The Bertz CT molecular complexity index is 505. The van der Waals surface area contributed by atoms with Gasteiger partial charge in [-0.25, -0.2) is 4.39 Å². The lowest BCUT2D eigenvalue weighted by Crippen LogP contribution is -2.42. The summed E-state index contributed by atoms with van der Waals surface area (Å²) in [5.41, 5.74) is -0.142. The molecule has 21 heavy (non-hydrogen) atoms. The summed E-state index contributed by atoms with van der Waals surface area (Å²) in [6.45, 7) is 0.277. The normalized spacial score (nSPS) is 18.4. The van der Waals surface area contributed by atoms with Crippen molar-refractivity contribution < 1.29 is 14.3 Å². The van der Waals surface area contributed by atoms with Gasteiger partial charge in [0.15, 0.2) is 0 Å². The van der Waals surface area contributed by atoms with Crippen molar-refractivity contribution in [2.45, 2.75) is 44.1 Å². The molecule has 1 saturated carbocycles. The van der Waals surface area contributed by atoms with Gasteiger partial charge in [-0.3, -0.25) is 4.79 Å². The van der Waals surface area contributed by atoms with E-state index in [1.165, 1.54) is 18.2 Å². The Morgan fingerprint density at radius 3 is 2.67 bits per heavy atom. The molecule has 0 spiro atoms. The van der Waals surface area contributed by atoms with E-state index in [2.05, 4.69) is 5.32 Å². The predicted octanol–water partition coefficient (Wildman–Crippen LogP) is 3.04. The van der Waals surface area contributed by atoms with E-state index in [0.29, 0.717) is 5.56 Å². The molecule has 114 valence electrons. The zero-order chi connectivity index (χ0) is 15.1. The molecule has 0 bridgehead atoms. The van der Waals surface area contributed by atoms with Gasteiger partial charge in [0.1, 0.15) is 5.82 Å². The molecule has 0 heterocycles. The molecule has 0 atom stereocenters. The molecule has 3 nitrogen and oxygen atoms in total. The van der Waals surface area contributed by atoms with Crippen molar-refractivity contribution in [1.29, 1.82) is 0 Å². The minimum absolute atomic E-state index is 0.267. The van der Waals surface area contributed by atoms with Gasteiger partial charge in [0.2, 0.25) is 5.91 Å². The summed E-state index contributed by atoms with van der Waals surface area (Å²) < 4.78 is 13.0. The first-order valence-electron chi connectivity index (χ1n) is 7.51. The van der Waals surface area contributed by atoms with Crippen molar-refractivity contribution in [3.8, 4) is 0 Å². The summed E-state index contributed by atoms with van der Waals surface area (Å²) in [6.07, 6.45) is 8.72. The Balaban J connectivity index is 1.84. The summed E-state index contributed by atoms with van der Waals surface area (Å²) in [5, 5.41) is 13.2. The highest BCUT2D eigenvalue weighted by Crippen LogP contribution is 2.26. The molecule has 1 aliphatic rings. The van der Waals surface area contributed by atoms with Crippen LogP contribution in [0.25, 0.3) is 6.08 Å². The van der Waals surface area contributed by atoms with E-state index < -0.39 is 5.60 Å². The van der Waals surface area contributed by atoms with E-state index in [1.807, 2.05) is 0 Å². The highest BCUT2D eigenvalue weighted by molar-refractivity contribution is 5.91. The van der Waals surface area contributed by atoms with Gasteiger partial charge in [0, 0.05) is 12.6 Å². The van der Waals surface area contributed by atoms with Gasteiger partial charge in [-0.1, -0.05) is 37.8 Å². The molecule has 4 heteroatoms. The van der Waals surface area contributed by atoms with Crippen molar-refractivity contribution >= 4 is 12.0 Å². The summed E-state index contributed by atoms with van der Waals surface area (Å²) in [4.78, 5) is 11.8. The number of hydrogen-bond acceptors (Lipinski definition) is 2. The highest BCUT2D eigenvalue weighted by atomic mass is 19.1. The van der Waals surface area contributed by atoms with E-state index in [9.17, 15) is 14.3 Å². The second kappa shape index (κ2) is 7.36. The Morgan fingerprint density at radius 2 is 2.00 bits per heavy atom. The Kier molecular flexibility index (Phi) is 5.51. The Labute approximate surface area is 124 Å². The van der Waals surface area contributed by atoms with Gasteiger partial charge >= 0.3 is 0 Å². The first-order chi connectivity index (χ1) is 10.1. The van der Waals surface area contributed by atoms with Gasteiger partial charge in [0.25, 0.3) is 0 Å². The molecular formula is C17H22FNO2. The lowest BCUT2D eigenvalue weighted by molar-refractivity contribution is -0.117. The standard InChI is InChI=1S/C17H22FNO2/c18-15-7-5-6-14(12-15)8-9-16(20)19-13-17(21)10-3-1-2-4-11-17/h5-9,12,21H,1-4,10-11,13H2,(H,19,20). The number of rotatable bonds is 4. The van der Waals surface area contributed by atoms with Crippen molar-refractivity contribution in [1.82, 2.24) is 5.32 Å². The predicted molar refractivity (Wildman–Crippen MR) is 81.1 cm³/mol. The minimum Gasteiger partial charge on any atom is -0.388 e. The van der Waals surface area contributed by atoms with Crippen LogP contribution in [0.1, 0.15) is 44.1 Å². The van der Waals surface area contributed by atoms with Crippen LogP contribution in [0.2, 0.25) is 0 Å². The van der Waals surface area contributed by atoms with Crippen molar-refractivity contribution in [2.75, 3.05) is 6.54 Å². The molecule has 1 aliphatic carbocycles. The monoisotopic (exact) mass is 291 g/mol. The number of carbonyl (C=O) groups excluding carboxylic acids is 1. The first-order valence-corrected chi connectivity index (χ1v) is 7.51. The van der Waals surface area contributed by atoms with Crippen LogP contribution in [-0.4, -0.2) is 23.2 Å². The maximum Gasteiger partial charge on any atom is 0.244 e. The fourth-order valence-electron chi connectivity index (χ4n) is 2.66. The Hall–Kier alpha value is -1.68. The van der Waals surface area contributed by atoms with Crippen molar-refractivity contribution in [2.24, 2.45) is 0 Å². The lowest BCUT2D eigenvalue weighted by atomic mass is 9.94.